The Labute approximate surface area is 206 Å². The number of halogens is 1. The number of rotatable bonds is 6. The van der Waals surface area contributed by atoms with E-state index in [9.17, 15) is 9.59 Å². The summed E-state index contributed by atoms with van der Waals surface area (Å²) in [6.07, 6.45) is 18.2. The highest BCUT2D eigenvalue weighted by atomic mass is 35.5. The molecule has 2 saturated carbocycles. The van der Waals surface area contributed by atoms with E-state index in [4.69, 9.17) is 0 Å². The van der Waals surface area contributed by atoms with Crippen LogP contribution in [-0.4, -0.2) is 70.9 Å². The van der Waals surface area contributed by atoms with Gasteiger partial charge in [0.2, 0.25) is 11.8 Å². The first-order valence-corrected chi connectivity index (χ1v) is 12.6. The van der Waals surface area contributed by atoms with Crippen molar-refractivity contribution >= 4 is 30.0 Å². The summed E-state index contributed by atoms with van der Waals surface area (Å²) in [7, 11) is 0. The molecule has 2 aliphatic heterocycles. The van der Waals surface area contributed by atoms with Crippen LogP contribution in [0.25, 0.3) is 0 Å². The maximum Gasteiger partial charge on any atom is 0.237 e. The molecular weight excluding hydrogens is 450 g/mol. The molecule has 0 N–H and O–H groups in total. The summed E-state index contributed by atoms with van der Waals surface area (Å²) in [5.41, 5.74) is -0.918. The highest BCUT2D eigenvalue weighted by Gasteiger charge is 2.85. The summed E-state index contributed by atoms with van der Waals surface area (Å²) in [6.45, 7) is 5.53. The highest BCUT2D eigenvalue weighted by Crippen LogP contribution is 2.80. The largest absolute Gasteiger partial charge is 0.353 e. The Morgan fingerprint density at radius 2 is 1.35 bits per heavy atom. The maximum atomic E-state index is 13.9. The van der Waals surface area contributed by atoms with Crippen LogP contribution in [-0.2, 0) is 9.59 Å². The Balaban J connectivity index is 0.00000217. The number of allylic oxidation sites excluding steroid dienone is 4. The van der Waals surface area contributed by atoms with Crippen LogP contribution in [0.5, 0.6) is 0 Å². The standard InChI is InChI=1S/C26H31N5O2.ClH/c32-23-25-18-3-4-19(15-18)26(25,21-6-5-20(25)16-21)24(33)31(23)10-2-1-9-29-11-13-30(14-12-29)22-17-27-7-8-28-22;/h3-8,17-21H,1-2,9-16H2;1H. The van der Waals surface area contributed by atoms with Gasteiger partial charge >= 0.3 is 0 Å². The SMILES string of the molecule is Cl.O=C1N(CCCCN2CCN(c3cnccn3)CC2)C(=O)C23C4C=CC(C4)C12C1C=CC3C1. The first-order chi connectivity index (χ1) is 16.2. The minimum absolute atomic E-state index is 0. The smallest absolute Gasteiger partial charge is 0.237 e. The number of anilines is 1. The van der Waals surface area contributed by atoms with Crippen molar-refractivity contribution in [3.8, 4) is 0 Å². The summed E-state index contributed by atoms with van der Waals surface area (Å²) in [6, 6.07) is 0. The van der Waals surface area contributed by atoms with Crippen LogP contribution in [0.1, 0.15) is 25.7 Å². The number of nitrogens with zero attached hydrogens (tertiary/aromatic N) is 5. The van der Waals surface area contributed by atoms with Crippen molar-refractivity contribution in [3.05, 3.63) is 42.9 Å². The highest BCUT2D eigenvalue weighted by molar-refractivity contribution is 6.12. The number of carbonyl (C=O) groups is 2. The van der Waals surface area contributed by atoms with E-state index in [1.165, 1.54) is 0 Å². The maximum absolute atomic E-state index is 13.9. The summed E-state index contributed by atoms with van der Waals surface area (Å²) < 4.78 is 0. The van der Waals surface area contributed by atoms with E-state index in [0.29, 0.717) is 6.54 Å². The van der Waals surface area contributed by atoms with Gasteiger partial charge in [-0.05, 0) is 55.9 Å². The molecule has 34 heavy (non-hydrogen) atoms. The minimum atomic E-state index is -0.459. The van der Waals surface area contributed by atoms with Crippen LogP contribution >= 0.6 is 12.4 Å². The zero-order valence-corrected chi connectivity index (χ0v) is 20.2. The fraction of sp³-hybridized carbons (Fsp3) is 0.615. The molecule has 1 aromatic rings. The summed E-state index contributed by atoms with van der Waals surface area (Å²) >= 11 is 0. The molecule has 0 aromatic carbocycles. The van der Waals surface area contributed by atoms with E-state index in [1.807, 2.05) is 6.20 Å². The van der Waals surface area contributed by atoms with Gasteiger partial charge in [0.05, 0.1) is 17.0 Å². The number of carbonyl (C=O) groups excluding carboxylic acids is 2. The number of likely N-dealkylation sites (tertiary alicyclic amines) is 1. The predicted octanol–water partition coefficient (Wildman–Crippen LogP) is 2.55. The molecule has 2 amide bonds. The Bertz CT molecular complexity index is 977. The normalized spacial score (nSPS) is 39.2. The van der Waals surface area contributed by atoms with Gasteiger partial charge in [-0.25, -0.2) is 4.98 Å². The van der Waals surface area contributed by atoms with Gasteiger partial charge in [-0.2, -0.15) is 0 Å². The molecule has 3 heterocycles. The van der Waals surface area contributed by atoms with Crippen LogP contribution in [0, 0.1) is 34.5 Å². The third-order valence-electron chi connectivity index (χ3n) is 9.74. The second-order valence-electron chi connectivity index (χ2n) is 10.8. The fourth-order valence-corrected chi connectivity index (χ4v) is 8.52. The van der Waals surface area contributed by atoms with Gasteiger partial charge in [-0.15, -0.1) is 12.4 Å². The molecule has 4 fully saturated rings. The van der Waals surface area contributed by atoms with Crippen LogP contribution in [0.2, 0.25) is 0 Å². The van der Waals surface area contributed by atoms with Gasteiger partial charge in [0.15, 0.2) is 0 Å². The molecule has 180 valence electrons. The molecule has 8 heteroatoms. The van der Waals surface area contributed by atoms with E-state index in [1.54, 1.807) is 17.3 Å². The van der Waals surface area contributed by atoms with E-state index >= 15 is 0 Å². The second-order valence-corrected chi connectivity index (χ2v) is 10.8. The van der Waals surface area contributed by atoms with Gasteiger partial charge in [0.25, 0.3) is 0 Å². The zero-order valence-electron chi connectivity index (χ0n) is 19.4. The van der Waals surface area contributed by atoms with E-state index in [-0.39, 0.29) is 47.9 Å². The average Bonchev–Trinajstić information content (AvgIpc) is 3.65. The average molecular weight is 482 g/mol. The second kappa shape index (κ2) is 7.89. The molecule has 7 rings (SSSR count). The van der Waals surface area contributed by atoms with E-state index in [2.05, 4.69) is 44.1 Å². The number of piperazine rings is 1. The number of amides is 2. The van der Waals surface area contributed by atoms with Crippen molar-refractivity contribution in [3.63, 3.8) is 0 Å². The number of hydrogen-bond acceptors (Lipinski definition) is 6. The van der Waals surface area contributed by atoms with Crippen LogP contribution in [0.4, 0.5) is 5.82 Å². The topological polar surface area (TPSA) is 69.6 Å². The summed E-state index contributed by atoms with van der Waals surface area (Å²) in [5.74, 6) is 2.29. The molecule has 6 aliphatic rings. The van der Waals surface area contributed by atoms with Gasteiger partial charge < -0.3 is 4.90 Å². The monoisotopic (exact) mass is 481 g/mol. The van der Waals surface area contributed by atoms with E-state index in [0.717, 1.165) is 64.2 Å². The molecule has 4 bridgehead atoms. The minimum Gasteiger partial charge on any atom is -0.353 e. The Morgan fingerprint density at radius 3 is 1.88 bits per heavy atom. The number of unbranched alkanes of at least 4 members (excludes halogenated alkanes) is 1. The van der Waals surface area contributed by atoms with Crippen LogP contribution < -0.4 is 4.90 Å². The Kier molecular flexibility index (Phi) is 5.16. The quantitative estimate of drug-likeness (QED) is 0.353. The first-order valence-electron chi connectivity index (χ1n) is 12.6. The molecule has 0 spiro atoms. The van der Waals surface area contributed by atoms with Crippen molar-refractivity contribution in [1.82, 2.24) is 19.8 Å². The molecule has 0 radical (unpaired) electrons. The number of aromatic nitrogens is 2. The molecule has 7 nitrogen and oxygen atoms in total. The summed E-state index contributed by atoms with van der Waals surface area (Å²) in [4.78, 5) is 42.7. The van der Waals surface area contributed by atoms with Crippen LogP contribution in [0.15, 0.2) is 42.9 Å². The van der Waals surface area contributed by atoms with Crippen molar-refractivity contribution in [1.29, 1.82) is 0 Å². The molecule has 1 aromatic heterocycles. The lowest BCUT2D eigenvalue weighted by atomic mass is 9.54. The van der Waals surface area contributed by atoms with Crippen molar-refractivity contribution < 1.29 is 9.59 Å². The lowest BCUT2D eigenvalue weighted by molar-refractivity contribution is -0.144. The van der Waals surface area contributed by atoms with Gasteiger partial charge in [0, 0.05) is 45.1 Å². The van der Waals surface area contributed by atoms with Gasteiger partial charge in [-0.3, -0.25) is 24.4 Å². The zero-order chi connectivity index (χ0) is 22.2. The van der Waals surface area contributed by atoms with Crippen molar-refractivity contribution in [2.24, 2.45) is 34.5 Å². The third kappa shape index (κ3) is 2.57. The molecule has 4 aliphatic carbocycles. The predicted molar refractivity (Wildman–Crippen MR) is 130 cm³/mol. The van der Waals surface area contributed by atoms with E-state index < -0.39 is 10.8 Å². The summed E-state index contributed by atoms with van der Waals surface area (Å²) in [5, 5.41) is 0. The van der Waals surface area contributed by atoms with Crippen molar-refractivity contribution in [2.75, 3.05) is 44.2 Å². The van der Waals surface area contributed by atoms with Crippen molar-refractivity contribution in [2.45, 2.75) is 25.7 Å². The number of imide groups is 1. The van der Waals surface area contributed by atoms with Crippen LogP contribution in [0.3, 0.4) is 0 Å². The Hall–Kier alpha value is -2.25. The molecule has 4 atom stereocenters. The number of fused-ring (bicyclic) bond motifs is 4. The van der Waals surface area contributed by atoms with Gasteiger partial charge in [0.1, 0.15) is 5.82 Å². The third-order valence-corrected chi connectivity index (χ3v) is 9.74. The lowest BCUT2D eigenvalue weighted by Crippen LogP contribution is -2.50. The Morgan fingerprint density at radius 1 is 0.794 bits per heavy atom. The molecular formula is C26H32ClN5O2. The first kappa shape index (κ1) is 22.2. The molecule has 4 unspecified atom stereocenters. The van der Waals surface area contributed by atoms with Gasteiger partial charge in [-0.1, -0.05) is 24.3 Å². The fourth-order valence-electron chi connectivity index (χ4n) is 8.52. The lowest BCUT2D eigenvalue weighted by Gasteiger charge is -2.43. The number of hydrogen-bond donors (Lipinski definition) is 0. The molecule has 2 saturated heterocycles.